The molecule has 0 saturated carbocycles. The van der Waals surface area contributed by atoms with Crippen LogP contribution in [0.4, 0.5) is 10.5 Å². The van der Waals surface area contributed by atoms with Crippen molar-refractivity contribution in [2.75, 3.05) is 11.9 Å². The van der Waals surface area contributed by atoms with E-state index in [0.717, 1.165) is 12.0 Å². The van der Waals surface area contributed by atoms with Gasteiger partial charge in [-0.2, -0.15) is 0 Å². The molecule has 1 aromatic carbocycles. The van der Waals surface area contributed by atoms with E-state index >= 15 is 0 Å². The van der Waals surface area contributed by atoms with Crippen LogP contribution in [0.25, 0.3) is 0 Å². The zero-order valence-corrected chi connectivity index (χ0v) is 25.0. The molecule has 3 amide bonds. The highest BCUT2D eigenvalue weighted by Gasteiger charge is 2.25. The van der Waals surface area contributed by atoms with Crippen molar-refractivity contribution in [1.82, 2.24) is 15.2 Å². The fourth-order valence-corrected chi connectivity index (χ4v) is 3.63. The standard InChI is InChI=1S/C31H42N4O7/c1-22(2)17-18-32-26(36)20-35-19-11-15-25(29(35)39)33-28(38)24(34-30(40)42-31(3,4)5)14-9-10-16-27(37)41-21-23-12-7-6-8-13-23/h6-8,10-13,15-16,19,22,24H,9,14,17-18,20-21H2,1-5H3,(H,32,36)(H,33,38)(H,34,40)/b16-10+. The summed E-state index contributed by atoms with van der Waals surface area (Å²) in [4.78, 5) is 62.9. The van der Waals surface area contributed by atoms with Crippen LogP contribution >= 0.6 is 0 Å². The van der Waals surface area contributed by atoms with E-state index in [4.69, 9.17) is 9.47 Å². The lowest BCUT2D eigenvalue weighted by Gasteiger charge is -2.23. The van der Waals surface area contributed by atoms with Gasteiger partial charge in [-0.05, 0) is 63.6 Å². The van der Waals surface area contributed by atoms with Crippen molar-refractivity contribution in [2.24, 2.45) is 5.92 Å². The predicted octanol–water partition coefficient (Wildman–Crippen LogP) is 3.92. The summed E-state index contributed by atoms with van der Waals surface area (Å²) < 4.78 is 11.7. The lowest BCUT2D eigenvalue weighted by molar-refractivity contribution is -0.139. The molecule has 0 bridgehead atoms. The van der Waals surface area contributed by atoms with Gasteiger partial charge in [0.15, 0.2) is 0 Å². The van der Waals surface area contributed by atoms with Gasteiger partial charge in [0.05, 0.1) is 0 Å². The zero-order chi connectivity index (χ0) is 31.1. The molecule has 0 aliphatic carbocycles. The summed E-state index contributed by atoms with van der Waals surface area (Å²) >= 11 is 0. The Morgan fingerprint density at radius 1 is 1.00 bits per heavy atom. The van der Waals surface area contributed by atoms with Gasteiger partial charge in [0.2, 0.25) is 11.8 Å². The first-order valence-corrected chi connectivity index (χ1v) is 14.0. The second kappa shape index (κ2) is 16.8. The minimum absolute atomic E-state index is 0.0477. The molecule has 0 aliphatic rings. The Morgan fingerprint density at radius 3 is 2.38 bits per heavy atom. The summed E-state index contributed by atoms with van der Waals surface area (Å²) in [6.07, 6.45) is 4.60. The first-order valence-electron chi connectivity index (χ1n) is 14.0. The Balaban J connectivity index is 2.04. The van der Waals surface area contributed by atoms with Crippen LogP contribution in [0.2, 0.25) is 0 Å². The van der Waals surface area contributed by atoms with E-state index in [9.17, 15) is 24.0 Å². The van der Waals surface area contributed by atoms with Crippen molar-refractivity contribution in [1.29, 1.82) is 0 Å². The highest BCUT2D eigenvalue weighted by molar-refractivity contribution is 5.96. The summed E-state index contributed by atoms with van der Waals surface area (Å²) in [6, 6.07) is 11.1. The number of amides is 3. The molecule has 0 spiro atoms. The van der Waals surface area contributed by atoms with Crippen LogP contribution in [-0.4, -0.2) is 46.6 Å². The average molecular weight is 583 g/mol. The van der Waals surface area contributed by atoms with E-state index in [1.54, 1.807) is 26.8 Å². The Kier molecular flexibility index (Phi) is 13.5. The fourth-order valence-electron chi connectivity index (χ4n) is 3.63. The Bertz CT molecular complexity index is 1280. The van der Waals surface area contributed by atoms with Gasteiger partial charge in [-0.1, -0.05) is 50.3 Å². The number of carbonyl (C=O) groups is 4. The maximum absolute atomic E-state index is 13.2. The van der Waals surface area contributed by atoms with Gasteiger partial charge in [0.1, 0.15) is 30.5 Å². The molecule has 1 atom stereocenters. The number of benzene rings is 1. The third kappa shape index (κ3) is 13.3. The second-order valence-electron chi connectivity index (χ2n) is 11.1. The number of aromatic nitrogens is 1. The average Bonchev–Trinajstić information content (AvgIpc) is 2.90. The molecule has 2 rings (SSSR count). The van der Waals surface area contributed by atoms with Gasteiger partial charge >= 0.3 is 12.1 Å². The molecule has 11 heteroatoms. The molecule has 1 heterocycles. The van der Waals surface area contributed by atoms with Crippen molar-refractivity contribution < 1.29 is 28.7 Å². The monoisotopic (exact) mass is 582 g/mol. The molecule has 3 N–H and O–H groups in total. The predicted molar refractivity (Wildman–Crippen MR) is 160 cm³/mol. The molecular formula is C31H42N4O7. The summed E-state index contributed by atoms with van der Waals surface area (Å²) in [5, 5.41) is 7.85. The van der Waals surface area contributed by atoms with Crippen LogP contribution in [0.5, 0.6) is 0 Å². The number of esters is 1. The largest absolute Gasteiger partial charge is 0.458 e. The second-order valence-corrected chi connectivity index (χ2v) is 11.1. The molecule has 0 fully saturated rings. The van der Waals surface area contributed by atoms with E-state index in [-0.39, 0.29) is 37.6 Å². The number of nitrogens with zero attached hydrogens (tertiary/aromatic N) is 1. The molecule has 11 nitrogen and oxygen atoms in total. The quantitative estimate of drug-likeness (QED) is 0.226. The van der Waals surface area contributed by atoms with Crippen LogP contribution in [-0.2, 0) is 37.0 Å². The molecular weight excluding hydrogens is 540 g/mol. The van der Waals surface area contributed by atoms with Crippen molar-refractivity contribution in [3.05, 3.63) is 76.7 Å². The lowest BCUT2D eigenvalue weighted by atomic mass is 10.1. The van der Waals surface area contributed by atoms with Crippen LogP contribution < -0.4 is 21.5 Å². The number of alkyl carbamates (subject to hydrolysis) is 1. The zero-order valence-electron chi connectivity index (χ0n) is 25.0. The van der Waals surface area contributed by atoms with Crippen LogP contribution in [0.3, 0.4) is 0 Å². The number of rotatable bonds is 14. The van der Waals surface area contributed by atoms with Gasteiger partial charge in [0, 0.05) is 18.8 Å². The number of hydrogen-bond donors (Lipinski definition) is 3. The molecule has 0 aliphatic heterocycles. The Hall–Kier alpha value is -4.41. The highest BCUT2D eigenvalue weighted by atomic mass is 16.6. The number of hydrogen-bond acceptors (Lipinski definition) is 7. The molecule has 0 saturated heterocycles. The number of ether oxygens (including phenoxy) is 2. The van der Waals surface area contributed by atoms with Gasteiger partial charge in [-0.3, -0.25) is 14.4 Å². The third-order valence-corrected chi connectivity index (χ3v) is 5.74. The highest BCUT2D eigenvalue weighted by Crippen LogP contribution is 2.10. The van der Waals surface area contributed by atoms with Crippen molar-refractivity contribution >= 4 is 29.6 Å². The number of carbonyl (C=O) groups excluding carboxylic acids is 4. The molecule has 42 heavy (non-hydrogen) atoms. The maximum Gasteiger partial charge on any atom is 0.408 e. The van der Waals surface area contributed by atoms with E-state index in [1.165, 1.54) is 29.0 Å². The molecule has 1 unspecified atom stereocenters. The van der Waals surface area contributed by atoms with E-state index < -0.39 is 35.2 Å². The minimum Gasteiger partial charge on any atom is -0.458 e. The van der Waals surface area contributed by atoms with Crippen LogP contribution in [0.1, 0.15) is 59.4 Å². The number of nitrogens with one attached hydrogen (secondary N) is 3. The van der Waals surface area contributed by atoms with Crippen LogP contribution in [0.15, 0.2) is 65.6 Å². The fraction of sp³-hybridized carbons (Fsp3) is 0.452. The summed E-state index contributed by atoms with van der Waals surface area (Å²) in [5.74, 6) is -1.09. The topological polar surface area (TPSA) is 145 Å². The van der Waals surface area contributed by atoms with Gasteiger partial charge in [0.25, 0.3) is 5.56 Å². The van der Waals surface area contributed by atoms with Gasteiger partial charge < -0.3 is 30.0 Å². The minimum atomic E-state index is -1.09. The lowest BCUT2D eigenvalue weighted by Crippen LogP contribution is -2.46. The summed E-state index contributed by atoms with van der Waals surface area (Å²) in [5.41, 5.74) is -0.559. The van der Waals surface area contributed by atoms with E-state index in [1.807, 2.05) is 44.2 Å². The maximum atomic E-state index is 13.2. The van der Waals surface area contributed by atoms with Gasteiger partial charge in [-0.25, -0.2) is 9.59 Å². The first kappa shape index (κ1) is 33.8. The molecule has 228 valence electrons. The summed E-state index contributed by atoms with van der Waals surface area (Å²) in [7, 11) is 0. The van der Waals surface area contributed by atoms with Gasteiger partial charge in [-0.15, -0.1) is 0 Å². The summed E-state index contributed by atoms with van der Waals surface area (Å²) in [6.45, 7) is 9.59. The molecule has 1 aromatic heterocycles. The molecule has 2 aromatic rings. The third-order valence-electron chi connectivity index (χ3n) is 5.74. The smallest absolute Gasteiger partial charge is 0.408 e. The number of pyridine rings is 1. The number of anilines is 1. The normalized spacial score (nSPS) is 12.0. The van der Waals surface area contributed by atoms with E-state index in [2.05, 4.69) is 16.0 Å². The van der Waals surface area contributed by atoms with Crippen molar-refractivity contribution in [3.63, 3.8) is 0 Å². The first-order chi connectivity index (χ1) is 19.8. The SMILES string of the molecule is CC(C)CCNC(=O)Cn1cccc(NC(=O)C(CC/C=C/C(=O)OCc2ccccc2)NC(=O)OC(C)(C)C)c1=O. The van der Waals surface area contributed by atoms with Crippen molar-refractivity contribution in [2.45, 2.75) is 78.7 Å². The van der Waals surface area contributed by atoms with Crippen LogP contribution in [0, 0.1) is 5.92 Å². The molecule has 0 radical (unpaired) electrons. The Labute approximate surface area is 246 Å². The van der Waals surface area contributed by atoms with E-state index in [0.29, 0.717) is 12.5 Å². The Morgan fingerprint density at radius 2 is 1.71 bits per heavy atom. The number of allylic oxidation sites excluding steroid dienone is 1. The van der Waals surface area contributed by atoms with Crippen molar-refractivity contribution in [3.8, 4) is 0 Å².